The molecular weight excluding hydrogens is 412 g/mol. The lowest BCUT2D eigenvalue weighted by Crippen LogP contribution is -2.60. The van der Waals surface area contributed by atoms with Gasteiger partial charge in [-0.05, 0) is 17.7 Å². The van der Waals surface area contributed by atoms with Crippen molar-refractivity contribution < 1.29 is 49.6 Å². The Morgan fingerprint density at radius 3 is 2.35 bits per heavy atom. The number of ketones is 1. The lowest BCUT2D eigenvalue weighted by atomic mass is 9.76. The topological polar surface area (TPSA) is 166 Å². The fourth-order valence-corrected chi connectivity index (χ4v) is 4.28. The highest BCUT2D eigenvalue weighted by Gasteiger charge is 2.46. The van der Waals surface area contributed by atoms with E-state index in [4.69, 9.17) is 14.2 Å². The third-order valence-corrected chi connectivity index (χ3v) is 6.03. The van der Waals surface area contributed by atoms with Crippen molar-refractivity contribution >= 4 is 11.4 Å². The summed E-state index contributed by atoms with van der Waals surface area (Å²) in [5.74, 6) is -0.747. The van der Waals surface area contributed by atoms with E-state index < -0.39 is 61.5 Å². The molecule has 10 nitrogen and oxygen atoms in total. The summed E-state index contributed by atoms with van der Waals surface area (Å²) in [4.78, 5) is 12.9. The van der Waals surface area contributed by atoms with E-state index >= 15 is 0 Å². The Morgan fingerprint density at radius 2 is 1.68 bits per heavy atom. The van der Waals surface area contributed by atoms with Crippen molar-refractivity contribution in [2.24, 2.45) is 5.92 Å². The van der Waals surface area contributed by atoms with Gasteiger partial charge in [-0.3, -0.25) is 4.79 Å². The van der Waals surface area contributed by atoms with Gasteiger partial charge >= 0.3 is 0 Å². The van der Waals surface area contributed by atoms with Gasteiger partial charge in [0, 0.05) is 12.8 Å². The summed E-state index contributed by atoms with van der Waals surface area (Å²) in [6.07, 6.45) is -7.49. The molecule has 2 aliphatic heterocycles. The molecule has 0 aromatic heterocycles. The molecule has 6 N–H and O–H groups in total. The van der Waals surface area contributed by atoms with Crippen LogP contribution in [0.3, 0.4) is 0 Å². The Kier molecular flexibility index (Phi) is 6.31. The Hall–Kier alpha value is -2.05. The van der Waals surface area contributed by atoms with Gasteiger partial charge in [0.25, 0.3) is 0 Å². The zero-order valence-electron chi connectivity index (χ0n) is 16.5. The predicted molar refractivity (Wildman–Crippen MR) is 103 cm³/mol. The van der Waals surface area contributed by atoms with Crippen LogP contribution in [0.1, 0.15) is 18.4 Å². The van der Waals surface area contributed by atoms with Gasteiger partial charge in [-0.2, -0.15) is 0 Å². The molecule has 9 atom stereocenters. The lowest BCUT2D eigenvalue weighted by molar-refractivity contribution is -0.277. The van der Waals surface area contributed by atoms with Gasteiger partial charge in [-0.25, -0.2) is 0 Å². The van der Waals surface area contributed by atoms with E-state index in [9.17, 15) is 35.4 Å². The van der Waals surface area contributed by atoms with Crippen LogP contribution < -0.4 is 4.74 Å². The Balaban J connectivity index is 1.47. The summed E-state index contributed by atoms with van der Waals surface area (Å²) in [6.45, 7) is -0.564. The maximum Gasteiger partial charge on any atom is 0.229 e. The minimum Gasteiger partial charge on any atom is -0.496 e. The van der Waals surface area contributed by atoms with Crippen molar-refractivity contribution in [3.05, 3.63) is 36.1 Å². The zero-order chi connectivity index (χ0) is 22.3. The number of carbonyl (C=O) groups is 1. The van der Waals surface area contributed by atoms with Crippen molar-refractivity contribution in [1.82, 2.24) is 0 Å². The van der Waals surface area contributed by atoms with Gasteiger partial charge in [0.15, 0.2) is 5.78 Å². The second-order valence-corrected chi connectivity index (χ2v) is 8.13. The Bertz CT molecular complexity index is 822. The summed E-state index contributed by atoms with van der Waals surface area (Å²) >= 11 is 0. The van der Waals surface area contributed by atoms with Gasteiger partial charge in [-0.1, -0.05) is 12.1 Å². The molecule has 31 heavy (non-hydrogen) atoms. The van der Waals surface area contributed by atoms with Crippen LogP contribution in [0, 0.1) is 5.92 Å². The number of aliphatic hydroxyl groups is 6. The van der Waals surface area contributed by atoms with Crippen LogP contribution in [0.5, 0.6) is 5.75 Å². The molecule has 0 bridgehead atoms. The molecule has 1 aromatic carbocycles. The summed E-state index contributed by atoms with van der Waals surface area (Å²) in [6, 6.07) is 6.24. The maximum atomic E-state index is 12.9. The van der Waals surface area contributed by atoms with Gasteiger partial charge in [0.2, 0.25) is 6.29 Å². The minimum absolute atomic E-state index is 0.120. The third kappa shape index (κ3) is 4.20. The van der Waals surface area contributed by atoms with Crippen molar-refractivity contribution in [2.75, 3.05) is 6.61 Å². The number of hydrogen-bond donors (Lipinski definition) is 6. The van der Waals surface area contributed by atoms with Crippen LogP contribution in [0.2, 0.25) is 0 Å². The molecule has 170 valence electrons. The monoisotopic (exact) mass is 438 g/mol. The fraction of sp³-hybridized carbons (Fsp3) is 0.571. The van der Waals surface area contributed by atoms with Gasteiger partial charge < -0.3 is 44.8 Å². The molecule has 1 aliphatic carbocycles. The Labute approximate surface area is 177 Å². The molecule has 0 amide bonds. The molecule has 4 rings (SSSR count). The normalized spacial score (nSPS) is 40.5. The average Bonchev–Trinajstić information content (AvgIpc) is 2.74. The molecule has 0 radical (unpaired) electrons. The SMILES string of the molecule is O=C1C(c2ccc(O[C@@H]3O[C@@H](CO)[C@H](O)[C@@H](O)[C@@H]3O)cc2)=COC2CC(O)CC(O)C12. The quantitative estimate of drug-likeness (QED) is 0.319. The third-order valence-electron chi connectivity index (χ3n) is 6.03. The van der Waals surface area contributed by atoms with Crippen LogP contribution in [0.15, 0.2) is 30.5 Å². The molecule has 1 saturated heterocycles. The molecule has 2 fully saturated rings. The largest absolute Gasteiger partial charge is 0.496 e. The zero-order valence-corrected chi connectivity index (χ0v) is 16.5. The molecule has 4 unspecified atom stereocenters. The van der Waals surface area contributed by atoms with Crippen molar-refractivity contribution in [1.29, 1.82) is 0 Å². The summed E-state index contributed by atoms with van der Waals surface area (Å²) in [5, 5.41) is 59.0. The number of fused-ring (bicyclic) bond motifs is 1. The van der Waals surface area contributed by atoms with Crippen molar-refractivity contribution in [3.63, 3.8) is 0 Å². The van der Waals surface area contributed by atoms with E-state index in [0.29, 0.717) is 5.56 Å². The average molecular weight is 438 g/mol. The number of carbonyl (C=O) groups excluding carboxylic acids is 1. The molecule has 0 spiro atoms. The molecule has 1 aromatic rings. The van der Waals surface area contributed by atoms with Crippen molar-refractivity contribution in [3.8, 4) is 5.75 Å². The molecule has 2 heterocycles. The molecule has 1 saturated carbocycles. The van der Waals surface area contributed by atoms with Gasteiger partial charge in [-0.15, -0.1) is 0 Å². The van der Waals surface area contributed by atoms with Crippen molar-refractivity contribution in [2.45, 2.75) is 61.9 Å². The van der Waals surface area contributed by atoms with Crippen LogP contribution in [-0.2, 0) is 14.3 Å². The van der Waals surface area contributed by atoms with E-state index in [1.54, 1.807) is 12.1 Å². The number of rotatable bonds is 4. The second-order valence-electron chi connectivity index (χ2n) is 8.13. The number of allylic oxidation sites excluding steroid dienone is 1. The highest BCUT2D eigenvalue weighted by molar-refractivity contribution is 6.22. The van der Waals surface area contributed by atoms with E-state index in [1.165, 1.54) is 18.4 Å². The van der Waals surface area contributed by atoms with E-state index in [0.717, 1.165) is 0 Å². The number of hydrogen-bond acceptors (Lipinski definition) is 10. The molecule has 10 heteroatoms. The number of aliphatic hydroxyl groups excluding tert-OH is 6. The van der Waals surface area contributed by atoms with E-state index in [-0.39, 0.29) is 29.9 Å². The highest BCUT2D eigenvalue weighted by atomic mass is 16.7. The van der Waals surface area contributed by atoms with E-state index in [2.05, 4.69) is 0 Å². The van der Waals surface area contributed by atoms with Gasteiger partial charge in [0.1, 0.15) is 36.3 Å². The van der Waals surface area contributed by atoms with Crippen LogP contribution in [0.4, 0.5) is 0 Å². The standard InChI is InChI=1S/C21H26O10/c22-7-15-18(26)19(27)20(28)21(31-15)30-11-3-1-9(2-4-11)12-8-29-14-6-10(23)5-13(24)16(14)17(12)25/h1-4,8,10,13-16,18-24,26-28H,5-7H2/t10?,13?,14?,15-,16?,18-,19+,20-,21+/m0/s1. The summed E-state index contributed by atoms with van der Waals surface area (Å²) < 4.78 is 16.5. The summed E-state index contributed by atoms with van der Waals surface area (Å²) in [7, 11) is 0. The number of ether oxygens (including phenoxy) is 3. The smallest absolute Gasteiger partial charge is 0.229 e. The first-order valence-corrected chi connectivity index (χ1v) is 10.1. The van der Waals surface area contributed by atoms with Crippen LogP contribution >= 0.6 is 0 Å². The van der Waals surface area contributed by atoms with Crippen LogP contribution in [-0.4, -0.2) is 92.0 Å². The Morgan fingerprint density at radius 1 is 0.968 bits per heavy atom. The fourth-order valence-electron chi connectivity index (χ4n) is 4.28. The predicted octanol–water partition coefficient (Wildman–Crippen LogP) is -1.69. The van der Waals surface area contributed by atoms with E-state index in [1.807, 2.05) is 0 Å². The second kappa shape index (κ2) is 8.83. The summed E-state index contributed by atoms with van der Waals surface area (Å²) in [5.41, 5.74) is 0.819. The van der Waals surface area contributed by atoms with Gasteiger partial charge in [0.05, 0.1) is 36.6 Å². The minimum atomic E-state index is -1.55. The first-order chi connectivity index (χ1) is 14.8. The lowest BCUT2D eigenvalue weighted by Gasteiger charge is -2.39. The number of Topliss-reactive ketones (excluding diaryl/α,β-unsaturated/α-hetero) is 1. The molecule has 3 aliphatic rings. The first kappa shape index (κ1) is 22.2. The van der Waals surface area contributed by atoms with Crippen LogP contribution in [0.25, 0.3) is 5.57 Å². The molecular formula is C21H26O10. The number of benzene rings is 1. The maximum absolute atomic E-state index is 12.9. The first-order valence-electron chi connectivity index (χ1n) is 10.1. The highest BCUT2D eigenvalue weighted by Crippen LogP contribution is 2.37.